The summed E-state index contributed by atoms with van der Waals surface area (Å²) in [6, 6.07) is 10.0. The Labute approximate surface area is 195 Å². The maximum atomic E-state index is 13.0. The molecule has 1 aromatic heterocycles. The van der Waals surface area contributed by atoms with Crippen molar-refractivity contribution in [1.82, 2.24) is 20.5 Å². The number of benzene rings is 1. The molecule has 2 aliphatic rings. The number of piperazine rings is 1. The number of nitrogens with zero attached hydrogens (tertiary/aromatic N) is 3. The van der Waals surface area contributed by atoms with E-state index in [2.05, 4.69) is 20.5 Å². The van der Waals surface area contributed by atoms with Crippen LogP contribution in [-0.2, 0) is 15.1 Å². The molecule has 10 heteroatoms. The molecule has 168 valence electrons. The number of nitrogens with one attached hydrogen (secondary N) is 2. The van der Waals surface area contributed by atoms with Gasteiger partial charge in [0.25, 0.3) is 5.91 Å². The predicted octanol–water partition coefficient (Wildman–Crippen LogP) is 2.94. The largest absolute Gasteiger partial charge is 0.365 e. The molecule has 3 heterocycles. The van der Waals surface area contributed by atoms with E-state index < -0.39 is 17.5 Å². The van der Waals surface area contributed by atoms with Gasteiger partial charge in [-0.1, -0.05) is 29.3 Å². The Morgan fingerprint density at radius 3 is 2.53 bits per heavy atom. The van der Waals surface area contributed by atoms with Crippen LogP contribution in [0.15, 0.2) is 42.6 Å². The summed E-state index contributed by atoms with van der Waals surface area (Å²) in [5.41, 5.74) is -0.0207. The van der Waals surface area contributed by atoms with Gasteiger partial charge in [-0.2, -0.15) is 0 Å². The molecule has 2 aromatic rings. The third kappa shape index (κ3) is 4.38. The normalized spacial score (nSPS) is 23.2. The van der Waals surface area contributed by atoms with Gasteiger partial charge < -0.3 is 15.1 Å². The van der Waals surface area contributed by atoms with E-state index >= 15 is 0 Å². The summed E-state index contributed by atoms with van der Waals surface area (Å²) in [4.78, 5) is 45.7. The first-order valence-electron chi connectivity index (χ1n) is 10.3. The van der Waals surface area contributed by atoms with E-state index in [4.69, 9.17) is 23.2 Å². The van der Waals surface area contributed by atoms with Crippen molar-refractivity contribution in [3.05, 3.63) is 58.3 Å². The zero-order valence-electron chi connectivity index (χ0n) is 17.5. The van der Waals surface area contributed by atoms with Gasteiger partial charge >= 0.3 is 6.03 Å². The van der Waals surface area contributed by atoms with Crippen LogP contribution in [0.3, 0.4) is 0 Å². The summed E-state index contributed by atoms with van der Waals surface area (Å²) < 4.78 is 0. The minimum Gasteiger partial charge on any atom is -0.365 e. The summed E-state index contributed by atoms with van der Waals surface area (Å²) in [6.45, 7) is 3.72. The van der Waals surface area contributed by atoms with E-state index in [1.165, 1.54) is 0 Å². The lowest BCUT2D eigenvalue weighted by Crippen LogP contribution is -2.54. The van der Waals surface area contributed by atoms with Gasteiger partial charge in [-0.05, 0) is 43.7 Å². The van der Waals surface area contributed by atoms with Crippen LogP contribution >= 0.6 is 23.2 Å². The molecule has 0 bridgehead atoms. The Morgan fingerprint density at radius 2 is 1.94 bits per heavy atom. The molecule has 2 N–H and O–H groups in total. The number of rotatable bonds is 5. The van der Waals surface area contributed by atoms with Crippen molar-refractivity contribution in [2.24, 2.45) is 0 Å². The highest BCUT2D eigenvalue weighted by molar-refractivity contribution is 6.35. The summed E-state index contributed by atoms with van der Waals surface area (Å²) >= 11 is 12.3. The maximum Gasteiger partial charge on any atom is 0.322 e. The van der Waals surface area contributed by atoms with Crippen molar-refractivity contribution in [3.8, 4) is 0 Å². The number of imide groups is 1. The molecule has 2 atom stereocenters. The molecule has 4 amide bonds. The molecular weight excluding hydrogens is 453 g/mol. The molecule has 1 aromatic carbocycles. The average molecular weight is 476 g/mol. The van der Waals surface area contributed by atoms with Crippen LogP contribution < -0.4 is 15.5 Å². The Kier molecular flexibility index (Phi) is 6.26. The lowest BCUT2D eigenvalue weighted by Gasteiger charge is -2.41. The van der Waals surface area contributed by atoms with Crippen molar-refractivity contribution < 1.29 is 14.4 Å². The number of hydrogen-bond donors (Lipinski definition) is 2. The quantitative estimate of drug-likeness (QED) is 0.648. The van der Waals surface area contributed by atoms with E-state index in [-0.39, 0.29) is 24.8 Å². The average Bonchev–Trinajstić information content (AvgIpc) is 3.05. The topological polar surface area (TPSA) is 94.6 Å². The van der Waals surface area contributed by atoms with E-state index in [9.17, 15) is 14.4 Å². The van der Waals surface area contributed by atoms with E-state index in [0.717, 1.165) is 5.69 Å². The molecule has 32 heavy (non-hydrogen) atoms. The zero-order chi connectivity index (χ0) is 22.9. The van der Waals surface area contributed by atoms with Crippen molar-refractivity contribution in [2.45, 2.75) is 31.3 Å². The van der Waals surface area contributed by atoms with Gasteiger partial charge in [0, 0.05) is 54.0 Å². The SMILES string of the molecule is C[C@H]1CN(C(=O)CCC2(c3ccccn3)NC(=O)NC2=O)CCN1c1cc(Cl)cc(Cl)c1. The van der Waals surface area contributed by atoms with E-state index in [1.807, 2.05) is 19.1 Å². The zero-order valence-corrected chi connectivity index (χ0v) is 19.0. The minimum absolute atomic E-state index is 0.0569. The number of amides is 4. The molecule has 0 radical (unpaired) electrons. The van der Waals surface area contributed by atoms with Crippen LogP contribution in [0.25, 0.3) is 0 Å². The summed E-state index contributed by atoms with van der Waals surface area (Å²) in [5.74, 6) is -0.574. The second-order valence-corrected chi connectivity index (χ2v) is 8.91. The lowest BCUT2D eigenvalue weighted by molar-refractivity contribution is -0.133. The van der Waals surface area contributed by atoms with Crippen LogP contribution in [-0.4, -0.2) is 53.4 Å². The molecule has 4 rings (SSSR count). The molecular formula is C22H23Cl2N5O3. The van der Waals surface area contributed by atoms with Gasteiger partial charge in [-0.25, -0.2) is 4.79 Å². The van der Waals surface area contributed by atoms with Crippen molar-refractivity contribution >= 4 is 46.7 Å². The molecule has 0 saturated carbocycles. The first-order chi connectivity index (χ1) is 15.3. The van der Waals surface area contributed by atoms with Crippen LogP contribution in [0.2, 0.25) is 10.0 Å². The highest BCUT2D eigenvalue weighted by Gasteiger charge is 2.49. The number of aromatic nitrogens is 1. The second kappa shape index (κ2) is 8.96. The van der Waals surface area contributed by atoms with Gasteiger partial charge in [0.2, 0.25) is 5.91 Å². The summed E-state index contributed by atoms with van der Waals surface area (Å²) in [6.07, 6.45) is 1.78. The Balaban J connectivity index is 1.43. The smallest absolute Gasteiger partial charge is 0.322 e. The summed E-state index contributed by atoms with van der Waals surface area (Å²) in [7, 11) is 0. The van der Waals surface area contributed by atoms with Gasteiger partial charge in [0.15, 0.2) is 5.54 Å². The number of halogens is 2. The number of carbonyl (C=O) groups excluding carboxylic acids is 3. The van der Waals surface area contributed by atoms with Gasteiger partial charge in [0.05, 0.1) is 5.69 Å². The fourth-order valence-corrected chi connectivity index (χ4v) is 4.83. The maximum absolute atomic E-state index is 13.0. The lowest BCUT2D eigenvalue weighted by atomic mass is 9.88. The van der Waals surface area contributed by atoms with Gasteiger partial charge in [-0.3, -0.25) is 19.9 Å². The molecule has 0 aliphatic carbocycles. The van der Waals surface area contributed by atoms with Gasteiger partial charge in [-0.15, -0.1) is 0 Å². The standard InChI is InChI=1S/C22H23Cl2N5O3/c1-14-13-28(8-9-29(14)17-11-15(23)10-16(24)12-17)19(30)5-6-22(18-4-2-3-7-25-18)20(31)26-21(32)27-22/h2-4,7,10-12,14H,5-6,8-9,13H2,1H3,(H2,26,27,31,32)/t14-,22?/m0/s1. The fourth-order valence-electron chi connectivity index (χ4n) is 4.32. The molecule has 2 aliphatic heterocycles. The van der Waals surface area contributed by atoms with Crippen molar-refractivity contribution in [2.75, 3.05) is 24.5 Å². The first kappa shape index (κ1) is 22.4. The Morgan fingerprint density at radius 1 is 1.19 bits per heavy atom. The number of pyridine rings is 1. The van der Waals surface area contributed by atoms with Crippen LogP contribution in [0.5, 0.6) is 0 Å². The molecule has 0 spiro atoms. The number of urea groups is 1. The highest BCUT2D eigenvalue weighted by Crippen LogP contribution is 2.30. The van der Waals surface area contributed by atoms with Crippen molar-refractivity contribution in [3.63, 3.8) is 0 Å². The predicted molar refractivity (Wildman–Crippen MR) is 122 cm³/mol. The van der Waals surface area contributed by atoms with Crippen LogP contribution in [0.4, 0.5) is 10.5 Å². The fraction of sp³-hybridized carbons (Fsp3) is 0.364. The number of anilines is 1. The second-order valence-electron chi connectivity index (χ2n) is 8.04. The number of carbonyl (C=O) groups is 3. The van der Waals surface area contributed by atoms with E-state index in [0.29, 0.717) is 35.4 Å². The summed E-state index contributed by atoms with van der Waals surface area (Å²) in [5, 5.41) is 6.07. The van der Waals surface area contributed by atoms with E-state index in [1.54, 1.807) is 35.4 Å². The Bertz CT molecular complexity index is 1030. The third-order valence-corrected chi connectivity index (χ3v) is 6.35. The first-order valence-corrected chi connectivity index (χ1v) is 11.1. The van der Waals surface area contributed by atoms with Crippen LogP contribution in [0, 0.1) is 0 Å². The van der Waals surface area contributed by atoms with Crippen molar-refractivity contribution in [1.29, 1.82) is 0 Å². The molecule has 2 saturated heterocycles. The van der Waals surface area contributed by atoms with Gasteiger partial charge in [0.1, 0.15) is 0 Å². The molecule has 2 fully saturated rings. The Hall–Kier alpha value is -2.84. The number of hydrogen-bond acceptors (Lipinski definition) is 5. The highest BCUT2D eigenvalue weighted by atomic mass is 35.5. The monoisotopic (exact) mass is 475 g/mol. The minimum atomic E-state index is -1.35. The molecule has 8 nitrogen and oxygen atoms in total. The molecule has 1 unspecified atom stereocenters. The van der Waals surface area contributed by atoms with Crippen LogP contribution in [0.1, 0.15) is 25.5 Å². The third-order valence-electron chi connectivity index (χ3n) is 5.92.